The van der Waals surface area contributed by atoms with E-state index in [1.54, 1.807) is 6.92 Å². The molecule has 1 aliphatic carbocycles. The summed E-state index contributed by atoms with van der Waals surface area (Å²) in [5.41, 5.74) is 0. The Bertz CT molecular complexity index is 145. The van der Waals surface area contributed by atoms with E-state index in [2.05, 4.69) is 6.92 Å². The van der Waals surface area contributed by atoms with Crippen molar-refractivity contribution in [3.63, 3.8) is 0 Å². The summed E-state index contributed by atoms with van der Waals surface area (Å²) >= 11 is 0. The molecule has 1 fully saturated rings. The van der Waals surface area contributed by atoms with E-state index < -0.39 is 0 Å². The second kappa shape index (κ2) is 4.64. The molecule has 1 aliphatic rings. The number of hydrogen-bond donors (Lipinski definition) is 0. The van der Waals surface area contributed by atoms with E-state index in [4.69, 9.17) is 0 Å². The molecule has 1 atom stereocenters. The first-order chi connectivity index (χ1) is 5.70. The van der Waals surface area contributed by atoms with Crippen molar-refractivity contribution in [2.45, 2.75) is 52.4 Å². The first kappa shape index (κ1) is 9.76. The lowest BCUT2D eigenvalue weighted by molar-refractivity contribution is -0.118. The molecule has 0 spiro atoms. The van der Waals surface area contributed by atoms with Crippen molar-refractivity contribution in [3.8, 4) is 0 Å². The molecule has 1 saturated carbocycles. The van der Waals surface area contributed by atoms with Gasteiger partial charge in [-0.1, -0.05) is 39.0 Å². The third-order valence-corrected chi connectivity index (χ3v) is 3.06. The quantitative estimate of drug-likeness (QED) is 0.632. The van der Waals surface area contributed by atoms with Crippen LogP contribution in [-0.2, 0) is 4.79 Å². The van der Waals surface area contributed by atoms with Crippen LogP contribution in [0.4, 0.5) is 0 Å². The average Bonchev–Trinajstić information content (AvgIpc) is 2.05. The van der Waals surface area contributed by atoms with Gasteiger partial charge >= 0.3 is 0 Å². The summed E-state index contributed by atoms with van der Waals surface area (Å²) in [4.78, 5) is 10.9. The predicted molar refractivity (Wildman–Crippen MR) is 51.0 cm³/mol. The second-order valence-corrected chi connectivity index (χ2v) is 4.28. The molecule has 0 aromatic rings. The molecule has 0 unspecified atom stereocenters. The van der Waals surface area contributed by atoms with E-state index in [1.165, 1.54) is 32.1 Å². The van der Waals surface area contributed by atoms with Crippen molar-refractivity contribution >= 4 is 5.78 Å². The fraction of sp³-hybridized carbons (Fsp3) is 0.909. The standard InChI is InChI=1S/C11H20O/c1-9(8-10(2)12)11-6-4-3-5-7-11/h9,11H,3-8H2,1-2H3/t9-/m1/s1. The minimum absolute atomic E-state index is 0.355. The van der Waals surface area contributed by atoms with E-state index in [0.717, 1.165) is 12.3 Å². The van der Waals surface area contributed by atoms with Crippen molar-refractivity contribution in [2.75, 3.05) is 0 Å². The number of Topliss-reactive ketones (excluding diaryl/α,β-unsaturated/α-hetero) is 1. The van der Waals surface area contributed by atoms with Gasteiger partial charge in [-0.05, 0) is 18.8 Å². The molecule has 70 valence electrons. The zero-order valence-corrected chi connectivity index (χ0v) is 8.31. The molecular weight excluding hydrogens is 148 g/mol. The lowest BCUT2D eigenvalue weighted by Gasteiger charge is -2.26. The predicted octanol–water partition coefficient (Wildman–Crippen LogP) is 3.18. The maximum absolute atomic E-state index is 10.9. The summed E-state index contributed by atoms with van der Waals surface area (Å²) in [6.07, 6.45) is 7.68. The van der Waals surface area contributed by atoms with Gasteiger partial charge in [0.05, 0.1) is 0 Å². The Labute approximate surface area is 75.5 Å². The number of carbonyl (C=O) groups is 1. The van der Waals surface area contributed by atoms with E-state index in [9.17, 15) is 4.79 Å². The van der Waals surface area contributed by atoms with Gasteiger partial charge in [0.1, 0.15) is 5.78 Å². The maximum Gasteiger partial charge on any atom is 0.130 e. The number of ketones is 1. The van der Waals surface area contributed by atoms with Gasteiger partial charge in [-0.15, -0.1) is 0 Å². The first-order valence-corrected chi connectivity index (χ1v) is 5.19. The van der Waals surface area contributed by atoms with Gasteiger partial charge in [0.25, 0.3) is 0 Å². The highest BCUT2D eigenvalue weighted by molar-refractivity contribution is 5.75. The normalized spacial score (nSPS) is 22.2. The Morgan fingerprint density at radius 2 is 1.92 bits per heavy atom. The Morgan fingerprint density at radius 3 is 2.42 bits per heavy atom. The molecule has 0 aromatic carbocycles. The topological polar surface area (TPSA) is 17.1 Å². The summed E-state index contributed by atoms with van der Waals surface area (Å²) in [6, 6.07) is 0. The summed E-state index contributed by atoms with van der Waals surface area (Å²) in [5, 5.41) is 0. The zero-order valence-electron chi connectivity index (χ0n) is 8.31. The van der Waals surface area contributed by atoms with Crippen LogP contribution in [0.5, 0.6) is 0 Å². The zero-order chi connectivity index (χ0) is 8.97. The van der Waals surface area contributed by atoms with Crippen LogP contribution in [0, 0.1) is 11.8 Å². The van der Waals surface area contributed by atoms with Crippen LogP contribution < -0.4 is 0 Å². The van der Waals surface area contributed by atoms with Gasteiger partial charge < -0.3 is 4.79 Å². The van der Waals surface area contributed by atoms with Crippen LogP contribution in [0.1, 0.15) is 52.4 Å². The SMILES string of the molecule is CC(=O)C[C@@H](C)C1CCCCC1. The van der Waals surface area contributed by atoms with E-state index in [0.29, 0.717) is 11.7 Å². The molecule has 0 amide bonds. The van der Waals surface area contributed by atoms with Gasteiger partial charge in [0.15, 0.2) is 0 Å². The van der Waals surface area contributed by atoms with Crippen molar-refractivity contribution in [3.05, 3.63) is 0 Å². The van der Waals surface area contributed by atoms with Gasteiger partial charge in [-0.25, -0.2) is 0 Å². The second-order valence-electron chi connectivity index (χ2n) is 4.28. The highest BCUT2D eigenvalue weighted by Crippen LogP contribution is 2.31. The molecule has 1 heteroatoms. The van der Waals surface area contributed by atoms with Crippen LogP contribution >= 0.6 is 0 Å². The molecule has 12 heavy (non-hydrogen) atoms. The van der Waals surface area contributed by atoms with Crippen molar-refractivity contribution in [1.29, 1.82) is 0 Å². The fourth-order valence-corrected chi connectivity index (χ4v) is 2.32. The highest BCUT2D eigenvalue weighted by Gasteiger charge is 2.20. The average molecular weight is 168 g/mol. The Morgan fingerprint density at radius 1 is 1.33 bits per heavy atom. The molecule has 0 aromatic heterocycles. The monoisotopic (exact) mass is 168 g/mol. The molecule has 0 radical (unpaired) electrons. The molecule has 1 nitrogen and oxygen atoms in total. The third kappa shape index (κ3) is 2.96. The number of rotatable bonds is 3. The van der Waals surface area contributed by atoms with Crippen LogP contribution in [-0.4, -0.2) is 5.78 Å². The molecule has 0 aliphatic heterocycles. The van der Waals surface area contributed by atoms with E-state index in [1.807, 2.05) is 0 Å². The highest BCUT2D eigenvalue weighted by atomic mass is 16.1. The van der Waals surface area contributed by atoms with Gasteiger partial charge in [-0.3, -0.25) is 0 Å². The van der Waals surface area contributed by atoms with Crippen LogP contribution in [0.15, 0.2) is 0 Å². The molecule has 0 heterocycles. The Balaban J connectivity index is 2.29. The lowest BCUT2D eigenvalue weighted by Crippen LogP contribution is -2.17. The number of carbonyl (C=O) groups excluding carboxylic acids is 1. The molecule has 1 rings (SSSR count). The van der Waals surface area contributed by atoms with E-state index >= 15 is 0 Å². The lowest BCUT2D eigenvalue weighted by atomic mass is 9.79. The van der Waals surface area contributed by atoms with Gasteiger partial charge in [0.2, 0.25) is 0 Å². The number of hydrogen-bond acceptors (Lipinski definition) is 1. The van der Waals surface area contributed by atoms with Gasteiger partial charge in [0, 0.05) is 6.42 Å². The van der Waals surface area contributed by atoms with Crippen molar-refractivity contribution < 1.29 is 4.79 Å². The van der Waals surface area contributed by atoms with Crippen molar-refractivity contribution in [2.24, 2.45) is 11.8 Å². The molecular formula is C11H20O. The summed E-state index contributed by atoms with van der Waals surface area (Å²) in [7, 11) is 0. The fourth-order valence-electron chi connectivity index (χ4n) is 2.32. The minimum atomic E-state index is 0.355. The molecule has 0 bridgehead atoms. The van der Waals surface area contributed by atoms with E-state index in [-0.39, 0.29) is 0 Å². The van der Waals surface area contributed by atoms with Crippen LogP contribution in [0.25, 0.3) is 0 Å². The summed E-state index contributed by atoms with van der Waals surface area (Å²) in [6.45, 7) is 3.94. The first-order valence-electron chi connectivity index (χ1n) is 5.19. The minimum Gasteiger partial charge on any atom is -0.300 e. The smallest absolute Gasteiger partial charge is 0.130 e. The Hall–Kier alpha value is -0.330. The van der Waals surface area contributed by atoms with Crippen LogP contribution in [0.2, 0.25) is 0 Å². The molecule has 0 saturated heterocycles. The largest absolute Gasteiger partial charge is 0.300 e. The Kier molecular flexibility index (Phi) is 3.77. The third-order valence-electron chi connectivity index (χ3n) is 3.06. The summed E-state index contributed by atoms with van der Waals surface area (Å²) < 4.78 is 0. The van der Waals surface area contributed by atoms with Crippen molar-refractivity contribution in [1.82, 2.24) is 0 Å². The molecule has 0 N–H and O–H groups in total. The maximum atomic E-state index is 10.9. The van der Waals surface area contributed by atoms with Crippen LogP contribution in [0.3, 0.4) is 0 Å². The van der Waals surface area contributed by atoms with Gasteiger partial charge in [-0.2, -0.15) is 0 Å². The summed E-state index contributed by atoms with van der Waals surface area (Å²) in [5.74, 6) is 1.82.